The fourth-order valence-electron chi connectivity index (χ4n) is 3.64. The summed E-state index contributed by atoms with van der Waals surface area (Å²) >= 11 is 0. The van der Waals surface area contributed by atoms with Gasteiger partial charge in [0.15, 0.2) is 11.5 Å². The highest BCUT2D eigenvalue weighted by Crippen LogP contribution is 2.51. The quantitative estimate of drug-likeness (QED) is 0.911. The van der Waals surface area contributed by atoms with Crippen LogP contribution in [0.1, 0.15) is 47.1 Å². The topological polar surface area (TPSA) is 41.6 Å². The molecule has 0 saturated carbocycles. The number of carbonyl (C=O) groups is 1. The van der Waals surface area contributed by atoms with Crippen LogP contribution in [-0.4, -0.2) is 27.6 Å². The van der Waals surface area contributed by atoms with Crippen molar-refractivity contribution in [3.63, 3.8) is 0 Å². The van der Waals surface area contributed by atoms with E-state index in [0.717, 1.165) is 5.56 Å². The highest BCUT2D eigenvalue weighted by molar-refractivity contribution is 6.03. The average Bonchev–Trinajstić information content (AvgIpc) is 2.78. The number of nitrogens with one attached hydrogen (secondary N) is 1. The first-order valence-corrected chi connectivity index (χ1v) is 7.70. The van der Waals surface area contributed by atoms with Gasteiger partial charge in [-0.05, 0) is 41.5 Å². The van der Waals surface area contributed by atoms with Crippen molar-refractivity contribution in [2.24, 2.45) is 0 Å². The fourth-order valence-corrected chi connectivity index (χ4v) is 3.64. The number of nitrogens with zero attached hydrogens (tertiary/aromatic N) is 1. The van der Waals surface area contributed by atoms with Crippen molar-refractivity contribution in [3.05, 3.63) is 41.5 Å². The number of carbonyl (C=O) groups excluding carboxylic acids is 1. The molecule has 22 heavy (non-hydrogen) atoms. The lowest BCUT2D eigenvalue weighted by Crippen LogP contribution is -2.52. The zero-order valence-corrected chi connectivity index (χ0v) is 14.2. The summed E-state index contributed by atoms with van der Waals surface area (Å²) in [6.45, 7) is 12.2. The second-order valence-corrected chi connectivity index (χ2v) is 7.39. The van der Waals surface area contributed by atoms with E-state index in [2.05, 4.69) is 33.0 Å². The SMILES string of the molecule is CC(=O)C1=C(c2ccccc2)ON2C1(C)NC(C)(C)C2(C)C. The Morgan fingerprint density at radius 1 is 1.09 bits per heavy atom. The van der Waals surface area contributed by atoms with Crippen LogP contribution in [-0.2, 0) is 9.63 Å². The number of ketones is 1. The summed E-state index contributed by atoms with van der Waals surface area (Å²) in [4.78, 5) is 18.6. The second kappa shape index (κ2) is 4.43. The minimum absolute atomic E-state index is 0.0323. The molecule has 1 aromatic rings. The van der Waals surface area contributed by atoms with E-state index in [1.54, 1.807) is 6.92 Å². The zero-order valence-electron chi connectivity index (χ0n) is 14.2. The molecule has 4 heteroatoms. The number of hydroxylamine groups is 2. The van der Waals surface area contributed by atoms with E-state index in [9.17, 15) is 4.79 Å². The Morgan fingerprint density at radius 2 is 1.68 bits per heavy atom. The largest absolute Gasteiger partial charge is 0.402 e. The first kappa shape index (κ1) is 15.3. The van der Waals surface area contributed by atoms with Crippen molar-refractivity contribution in [1.82, 2.24) is 10.4 Å². The van der Waals surface area contributed by atoms with Crippen molar-refractivity contribution < 1.29 is 9.63 Å². The molecule has 0 radical (unpaired) electrons. The van der Waals surface area contributed by atoms with Gasteiger partial charge < -0.3 is 4.84 Å². The molecule has 118 valence electrons. The zero-order chi connectivity index (χ0) is 16.3. The van der Waals surface area contributed by atoms with Crippen LogP contribution >= 0.6 is 0 Å². The van der Waals surface area contributed by atoms with Crippen LogP contribution in [0.15, 0.2) is 35.9 Å². The van der Waals surface area contributed by atoms with E-state index >= 15 is 0 Å². The summed E-state index contributed by atoms with van der Waals surface area (Å²) in [5.41, 5.74) is 0.546. The Balaban J connectivity index is 2.19. The third-order valence-corrected chi connectivity index (χ3v) is 5.28. The second-order valence-electron chi connectivity index (χ2n) is 7.39. The van der Waals surface area contributed by atoms with Crippen LogP contribution in [0.3, 0.4) is 0 Å². The number of fused-ring (bicyclic) bond motifs is 1. The maximum Gasteiger partial charge on any atom is 0.164 e. The van der Waals surface area contributed by atoms with Crippen molar-refractivity contribution >= 4 is 11.5 Å². The van der Waals surface area contributed by atoms with Crippen LogP contribution in [0.4, 0.5) is 0 Å². The monoisotopic (exact) mass is 300 g/mol. The van der Waals surface area contributed by atoms with Crippen LogP contribution in [0.2, 0.25) is 0 Å². The Hall–Kier alpha value is -1.65. The highest BCUT2D eigenvalue weighted by atomic mass is 16.7. The first-order chi connectivity index (χ1) is 10.1. The van der Waals surface area contributed by atoms with E-state index in [4.69, 9.17) is 4.84 Å². The first-order valence-electron chi connectivity index (χ1n) is 7.70. The molecule has 0 aliphatic carbocycles. The molecule has 0 spiro atoms. The van der Waals surface area contributed by atoms with Crippen molar-refractivity contribution in [3.8, 4) is 0 Å². The molecule has 1 fully saturated rings. The Bertz CT molecular complexity index is 661. The van der Waals surface area contributed by atoms with Gasteiger partial charge >= 0.3 is 0 Å². The summed E-state index contributed by atoms with van der Waals surface area (Å²) < 4.78 is 0. The minimum Gasteiger partial charge on any atom is -0.402 e. The van der Waals surface area contributed by atoms with Crippen molar-refractivity contribution in [2.75, 3.05) is 0 Å². The summed E-state index contributed by atoms with van der Waals surface area (Å²) in [6.07, 6.45) is 0. The predicted molar refractivity (Wildman–Crippen MR) is 86.7 cm³/mol. The molecule has 1 saturated heterocycles. The number of hydrogen-bond acceptors (Lipinski definition) is 4. The molecule has 1 aromatic carbocycles. The molecule has 2 aliphatic heterocycles. The van der Waals surface area contributed by atoms with E-state index < -0.39 is 5.66 Å². The molecule has 4 nitrogen and oxygen atoms in total. The van der Waals surface area contributed by atoms with Crippen LogP contribution in [0.25, 0.3) is 5.76 Å². The van der Waals surface area contributed by atoms with Crippen LogP contribution in [0.5, 0.6) is 0 Å². The third kappa shape index (κ3) is 1.80. The normalized spacial score (nSPS) is 29.4. The molecular formula is C18H24N2O2. The lowest BCUT2D eigenvalue weighted by molar-refractivity contribution is -0.170. The molecule has 0 bridgehead atoms. The smallest absolute Gasteiger partial charge is 0.164 e. The van der Waals surface area contributed by atoms with Gasteiger partial charge in [-0.3, -0.25) is 10.1 Å². The van der Waals surface area contributed by atoms with Gasteiger partial charge in [0, 0.05) is 11.1 Å². The summed E-state index contributed by atoms with van der Waals surface area (Å²) in [7, 11) is 0. The molecule has 2 aliphatic rings. The van der Waals surface area contributed by atoms with Gasteiger partial charge in [-0.15, -0.1) is 5.06 Å². The van der Waals surface area contributed by atoms with E-state index in [0.29, 0.717) is 11.3 Å². The van der Waals surface area contributed by atoms with Gasteiger partial charge in [0.25, 0.3) is 0 Å². The van der Waals surface area contributed by atoms with Gasteiger partial charge in [0.2, 0.25) is 0 Å². The van der Waals surface area contributed by atoms with Crippen LogP contribution < -0.4 is 5.32 Å². The van der Waals surface area contributed by atoms with Gasteiger partial charge in [-0.1, -0.05) is 30.3 Å². The third-order valence-electron chi connectivity index (χ3n) is 5.28. The number of Topliss-reactive ketones (excluding diaryl/α,β-unsaturated/α-hetero) is 1. The molecule has 3 rings (SSSR count). The summed E-state index contributed by atoms with van der Waals surface area (Å²) in [5.74, 6) is 0.691. The molecular weight excluding hydrogens is 276 g/mol. The molecule has 1 atom stereocenters. The summed E-state index contributed by atoms with van der Waals surface area (Å²) in [5, 5.41) is 5.56. The Kier molecular flexibility index (Phi) is 3.07. The molecule has 0 amide bonds. The van der Waals surface area contributed by atoms with Gasteiger partial charge in [0.05, 0.1) is 11.1 Å². The summed E-state index contributed by atoms with van der Waals surface area (Å²) in [6, 6.07) is 9.82. The molecule has 1 N–H and O–H groups in total. The molecule has 0 aromatic heterocycles. The number of hydrogen-bond donors (Lipinski definition) is 1. The highest BCUT2D eigenvalue weighted by Gasteiger charge is 2.65. The van der Waals surface area contributed by atoms with Crippen LogP contribution in [0, 0.1) is 0 Å². The lowest BCUT2D eigenvalue weighted by Gasteiger charge is -2.38. The number of rotatable bonds is 2. The Morgan fingerprint density at radius 3 is 2.23 bits per heavy atom. The minimum atomic E-state index is -0.621. The van der Waals surface area contributed by atoms with E-state index in [1.165, 1.54) is 0 Å². The predicted octanol–water partition coefficient (Wildman–Crippen LogP) is 3.11. The van der Waals surface area contributed by atoms with Gasteiger partial charge in [-0.2, -0.15) is 0 Å². The van der Waals surface area contributed by atoms with E-state index in [1.807, 2.05) is 42.3 Å². The lowest BCUT2D eigenvalue weighted by atomic mass is 9.84. The van der Waals surface area contributed by atoms with E-state index in [-0.39, 0.29) is 16.9 Å². The molecule has 2 heterocycles. The van der Waals surface area contributed by atoms with Gasteiger partial charge in [-0.25, -0.2) is 0 Å². The maximum absolute atomic E-state index is 12.4. The maximum atomic E-state index is 12.4. The standard InChI is InChI=1S/C18H24N2O2/c1-12(21)14-15(13-10-8-7-9-11-13)22-20-17(4,5)16(2,3)19-18(14,20)6/h7-11,19H,1-6H3. The van der Waals surface area contributed by atoms with Crippen molar-refractivity contribution in [1.29, 1.82) is 0 Å². The Labute approximate surface area is 132 Å². The molecule has 1 unspecified atom stereocenters. The average molecular weight is 300 g/mol. The number of benzene rings is 1. The van der Waals surface area contributed by atoms with Crippen molar-refractivity contribution in [2.45, 2.75) is 58.3 Å². The van der Waals surface area contributed by atoms with Gasteiger partial charge in [0.1, 0.15) is 5.66 Å². The fraction of sp³-hybridized carbons (Fsp3) is 0.500.